The molecule has 0 N–H and O–H groups in total. The van der Waals surface area contributed by atoms with Gasteiger partial charge in [0.1, 0.15) is 22.3 Å². The first-order valence-electron chi connectivity index (χ1n) is 21.5. The Kier molecular flexibility index (Phi) is 6.23. The first-order valence-corrected chi connectivity index (χ1v) is 21.5. The molecule has 0 saturated heterocycles. The molecule has 0 saturated carbocycles. The van der Waals surface area contributed by atoms with Crippen LogP contribution in [0.1, 0.15) is 17.7 Å². The summed E-state index contributed by atoms with van der Waals surface area (Å²) in [6.07, 6.45) is 6.67. The van der Waals surface area contributed by atoms with E-state index in [1.165, 1.54) is 77.2 Å². The zero-order valence-electron chi connectivity index (χ0n) is 33.4. The molecule has 9 aromatic carbocycles. The third-order valence-corrected chi connectivity index (χ3v) is 13.9. The van der Waals surface area contributed by atoms with Gasteiger partial charge in [0.05, 0.1) is 22.2 Å². The minimum absolute atomic E-state index is 0.893. The van der Waals surface area contributed by atoms with Gasteiger partial charge in [0.25, 0.3) is 0 Å². The number of fused-ring (bicyclic) bond motifs is 15. The summed E-state index contributed by atoms with van der Waals surface area (Å²) in [6.45, 7) is 0. The molecule has 0 fully saturated rings. The van der Waals surface area contributed by atoms with Crippen molar-refractivity contribution in [3.8, 4) is 44.8 Å². The van der Waals surface area contributed by atoms with E-state index in [9.17, 15) is 0 Å². The minimum atomic E-state index is 0.893. The van der Waals surface area contributed by atoms with Crippen LogP contribution in [0.4, 0.5) is 0 Å². The summed E-state index contributed by atoms with van der Waals surface area (Å²) in [6, 6.07) is 62.2. The summed E-state index contributed by atoms with van der Waals surface area (Å²) in [5.41, 5.74) is 19.6. The summed E-state index contributed by atoms with van der Waals surface area (Å²) in [5, 5.41) is 10.8. The van der Waals surface area contributed by atoms with Crippen molar-refractivity contribution in [3.63, 3.8) is 0 Å². The number of furan rings is 2. The summed E-state index contributed by atoms with van der Waals surface area (Å²) < 4.78 is 18.1. The highest BCUT2D eigenvalue weighted by Gasteiger charge is 2.25. The monoisotopic (exact) mass is 790 g/mol. The van der Waals surface area contributed by atoms with Crippen LogP contribution >= 0.6 is 0 Å². The van der Waals surface area contributed by atoms with E-state index in [1.807, 2.05) is 6.07 Å². The number of benzene rings is 9. The molecular weight excluding hydrogens is 757 g/mol. The molecule has 13 aromatic rings. The Morgan fingerprint density at radius 1 is 0.387 bits per heavy atom. The van der Waals surface area contributed by atoms with Gasteiger partial charge < -0.3 is 18.0 Å². The number of rotatable bonds is 3. The third kappa shape index (κ3) is 4.25. The molecule has 0 amide bonds. The van der Waals surface area contributed by atoms with Crippen molar-refractivity contribution in [3.05, 3.63) is 187 Å². The van der Waals surface area contributed by atoms with Crippen LogP contribution < -0.4 is 0 Å². The lowest BCUT2D eigenvalue weighted by molar-refractivity contribution is 0.669. The molecule has 288 valence electrons. The second-order valence-corrected chi connectivity index (χ2v) is 17.1. The zero-order valence-corrected chi connectivity index (χ0v) is 33.4. The van der Waals surface area contributed by atoms with Crippen LogP contribution in [0.5, 0.6) is 0 Å². The highest BCUT2D eigenvalue weighted by Crippen LogP contribution is 2.50. The van der Waals surface area contributed by atoms with E-state index in [1.54, 1.807) is 0 Å². The van der Waals surface area contributed by atoms with E-state index in [0.717, 1.165) is 79.0 Å². The lowest BCUT2D eigenvalue weighted by Crippen LogP contribution is -1.99. The molecule has 15 rings (SSSR count). The lowest BCUT2D eigenvalue weighted by Gasteiger charge is -2.13. The fourth-order valence-corrected chi connectivity index (χ4v) is 11.2. The van der Waals surface area contributed by atoms with Crippen molar-refractivity contribution in [2.45, 2.75) is 12.8 Å². The van der Waals surface area contributed by atoms with Crippen LogP contribution in [0.2, 0.25) is 0 Å². The quantitative estimate of drug-likeness (QED) is 0.179. The molecule has 4 heterocycles. The maximum Gasteiger partial charge on any atom is 0.137 e. The molecule has 0 unspecified atom stereocenters. The number of hydrogen-bond donors (Lipinski definition) is 0. The lowest BCUT2D eigenvalue weighted by atomic mass is 9.98. The van der Waals surface area contributed by atoms with Gasteiger partial charge in [0.15, 0.2) is 0 Å². The van der Waals surface area contributed by atoms with Crippen LogP contribution in [0.25, 0.3) is 138 Å². The number of hydrogen-bond acceptors (Lipinski definition) is 2. The van der Waals surface area contributed by atoms with Crippen LogP contribution in [0.3, 0.4) is 0 Å². The van der Waals surface area contributed by atoms with Crippen molar-refractivity contribution >= 4 is 93.4 Å². The average Bonchev–Trinajstić information content (AvgIpc) is 4.12. The van der Waals surface area contributed by atoms with Gasteiger partial charge in [-0.3, -0.25) is 0 Å². The Balaban J connectivity index is 0.960. The van der Waals surface area contributed by atoms with Gasteiger partial charge in [-0.2, -0.15) is 0 Å². The second kappa shape index (κ2) is 11.8. The predicted octanol–water partition coefficient (Wildman–Crippen LogP) is 16.0. The van der Waals surface area contributed by atoms with Gasteiger partial charge in [0.2, 0.25) is 0 Å². The smallest absolute Gasteiger partial charge is 0.137 e. The molecule has 0 atom stereocenters. The van der Waals surface area contributed by atoms with Gasteiger partial charge in [-0.1, -0.05) is 103 Å². The van der Waals surface area contributed by atoms with Crippen molar-refractivity contribution in [2.24, 2.45) is 0 Å². The number of aromatic nitrogens is 2. The number of aryl methyl sites for hydroxylation is 1. The molecule has 0 bridgehead atoms. The fourth-order valence-electron chi connectivity index (χ4n) is 11.2. The van der Waals surface area contributed by atoms with E-state index in [-0.39, 0.29) is 0 Å². The van der Waals surface area contributed by atoms with E-state index in [4.69, 9.17) is 8.83 Å². The van der Waals surface area contributed by atoms with Gasteiger partial charge in [-0.05, 0) is 124 Å². The summed E-state index contributed by atoms with van der Waals surface area (Å²) in [7, 11) is 0. The molecule has 0 radical (unpaired) electrons. The first kappa shape index (κ1) is 32.7. The van der Waals surface area contributed by atoms with E-state index >= 15 is 0 Å². The average molecular weight is 791 g/mol. The maximum atomic E-state index is 6.66. The number of para-hydroxylation sites is 2. The normalized spacial score (nSPS) is 13.3. The standard InChI is InChI=1S/C58H34N2O2/c1-2-11-35(12-3-1)59-49-19-8-6-15-38(49)44-29-48-46-28-34(22-26-55(46)62-57(48)31-52(44)59)33-21-24-51-43(27-33)45-30-47-39-16-7-9-20-54(39)61-56(47)32-53(45)60(51)50-25-23-41-37-14-5-4-13-36(37)40-17-10-18-42(50)58(40)41/h1-5,7-14,16-32H,6,15H2. The molecule has 4 aromatic heterocycles. The summed E-state index contributed by atoms with van der Waals surface area (Å²) >= 11 is 0. The van der Waals surface area contributed by atoms with Crippen LogP contribution in [-0.2, 0) is 6.42 Å². The molecule has 0 spiro atoms. The highest BCUT2D eigenvalue weighted by atomic mass is 16.3. The van der Waals surface area contributed by atoms with Crippen LogP contribution in [0, 0.1) is 0 Å². The SMILES string of the molecule is C1=Cc2c(c3cc4c(cc3n2-c2ccccc2)oc2ccc(-c3ccc5c(c3)c3cc6c(cc3n5-c3ccc5c7c(cccc37)-c3ccccc3-5)oc3ccccc36)cc24)CC1. The second-order valence-electron chi connectivity index (χ2n) is 17.1. The minimum Gasteiger partial charge on any atom is -0.456 e. The molecular formula is C58H34N2O2. The molecule has 2 aliphatic carbocycles. The van der Waals surface area contributed by atoms with Crippen molar-refractivity contribution in [1.29, 1.82) is 0 Å². The fraction of sp³-hybridized carbons (Fsp3) is 0.0345. The van der Waals surface area contributed by atoms with E-state index in [0.29, 0.717) is 0 Å². The van der Waals surface area contributed by atoms with Crippen molar-refractivity contribution < 1.29 is 8.83 Å². The topological polar surface area (TPSA) is 36.1 Å². The molecule has 2 aliphatic rings. The molecule has 62 heavy (non-hydrogen) atoms. The van der Waals surface area contributed by atoms with Gasteiger partial charge in [-0.25, -0.2) is 0 Å². The Labute approximate surface area is 354 Å². The Morgan fingerprint density at radius 3 is 1.87 bits per heavy atom. The largest absolute Gasteiger partial charge is 0.456 e. The summed E-state index contributed by atoms with van der Waals surface area (Å²) in [5.74, 6) is 0. The number of nitrogens with zero attached hydrogens (tertiary/aromatic N) is 2. The third-order valence-electron chi connectivity index (χ3n) is 13.9. The Morgan fingerprint density at radius 2 is 1.02 bits per heavy atom. The zero-order chi connectivity index (χ0) is 40.2. The maximum absolute atomic E-state index is 6.66. The first-order chi connectivity index (χ1) is 30.7. The summed E-state index contributed by atoms with van der Waals surface area (Å²) in [4.78, 5) is 0. The number of allylic oxidation sites excluding steroid dienone is 1. The van der Waals surface area contributed by atoms with E-state index < -0.39 is 0 Å². The molecule has 0 aliphatic heterocycles. The predicted molar refractivity (Wildman–Crippen MR) is 257 cm³/mol. The molecule has 4 nitrogen and oxygen atoms in total. The van der Waals surface area contributed by atoms with Crippen molar-refractivity contribution in [1.82, 2.24) is 9.13 Å². The molecule has 4 heteroatoms. The van der Waals surface area contributed by atoms with Gasteiger partial charge >= 0.3 is 0 Å². The van der Waals surface area contributed by atoms with Crippen LogP contribution in [-0.4, -0.2) is 9.13 Å². The van der Waals surface area contributed by atoms with Crippen molar-refractivity contribution in [2.75, 3.05) is 0 Å². The van der Waals surface area contributed by atoms with Crippen LogP contribution in [0.15, 0.2) is 185 Å². The highest BCUT2D eigenvalue weighted by molar-refractivity contribution is 6.21. The van der Waals surface area contributed by atoms with Gasteiger partial charge in [0, 0.05) is 66.6 Å². The van der Waals surface area contributed by atoms with E-state index in [2.05, 4.69) is 185 Å². The Bertz CT molecular complexity index is 4120. The Hall–Kier alpha value is -8.08. The van der Waals surface area contributed by atoms with Gasteiger partial charge in [-0.15, -0.1) is 0 Å².